The number of hydrogen-bond acceptors (Lipinski definition) is 4. The first-order chi connectivity index (χ1) is 30.0. The third-order valence-corrected chi connectivity index (χ3v) is 9.84. The van der Waals surface area contributed by atoms with Gasteiger partial charge in [-0.1, -0.05) is 111 Å². The van der Waals surface area contributed by atoms with Gasteiger partial charge in [0.2, 0.25) is 0 Å². The van der Waals surface area contributed by atoms with Crippen molar-refractivity contribution in [2.75, 3.05) is 19.6 Å². The van der Waals surface area contributed by atoms with E-state index >= 15 is 0 Å². The predicted molar refractivity (Wildman–Crippen MR) is 266 cm³/mol. The third kappa shape index (κ3) is 10.4. The summed E-state index contributed by atoms with van der Waals surface area (Å²) in [6, 6.07) is 57.4. The Kier molecular flexibility index (Phi) is 15.3. The van der Waals surface area contributed by atoms with Crippen LogP contribution in [0.4, 0.5) is 51.2 Å². The zero-order valence-electron chi connectivity index (χ0n) is 35.4. The first kappa shape index (κ1) is 42.8. The number of anilines is 9. The topological polar surface area (TPSA) is 13.0 Å². The maximum Gasteiger partial charge on any atom is 0.0463 e. The third-order valence-electron chi connectivity index (χ3n) is 9.84. The first-order valence-electron chi connectivity index (χ1n) is 20.6. The molecule has 4 nitrogen and oxygen atoms in total. The highest BCUT2D eigenvalue weighted by atomic mass is 15.2. The minimum Gasteiger partial charge on any atom is -0.311 e. The number of rotatable bonds is 18. The Morgan fingerprint density at radius 3 is 0.918 bits per heavy atom. The molecule has 61 heavy (non-hydrogen) atoms. The number of nitrogens with zero attached hydrogens (tertiary/aromatic N) is 4. The molecule has 0 atom stereocenters. The van der Waals surface area contributed by atoms with E-state index in [0.717, 1.165) is 68.3 Å². The van der Waals surface area contributed by atoms with Gasteiger partial charge in [-0.2, -0.15) is 0 Å². The van der Waals surface area contributed by atoms with Gasteiger partial charge in [-0.3, -0.25) is 0 Å². The number of allylic oxidation sites excluding steroid dienone is 12. The average molecular weight is 795 g/mol. The van der Waals surface area contributed by atoms with Crippen molar-refractivity contribution >= 4 is 51.2 Å². The van der Waals surface area contributed by atoms with Crippen LogP contribution < -0.4 is 19.6 Å². The van der Waals surface area contributed by atoms with Crippen molar-refractivity contribution in [3.8, 4) is 0 Å². The Morgan fingerprint density at radius 1 is 0.344 bits per heavy atom. The fraction of sp³-hybridized carbons (Fsp3) is 0.0526. The second-order valence-corrected chi connectivity index (χ2v) is 13.9. The first-order valence-corrected chi connectivity index (χ1v) is 20.6. The van der Waals surface area contributed by atoms with E-state index < -0.39 is 0 Å². The molecular formula is C57H54N4. The second kappa shape index (κ2) is 21.8. The van der Waals surface area contributed by atoms with Crippen LogP contribution in [0.2, 0.25) is 0 Å². The van der Waals surface area contributed by atoms with Gasteiger partial charge >= 0.3 is 0 Å². The van der Waals surface area contributed by atoms with E-state index in [9.17, 15) is 0 Å². The van der Waals surface area contributed by atoms with Crippen molar-refractivity contribution in [3.63, 3.8) is 0 Å². The lowest BCUT2D eigenvalue weighted by molar-refractivity contribution is 1.19. The molecule has 0 heterocycles. The van der Waals surface area contributed by atoms with Gasteiger partial charge in [0.05, 0.1) is 0 Å². The lowest BCUT2D eigenvalue weighted by Crippen LogP contribution is -2.17. The minimum atomic E-state index is 0.969. The quantitative estimate of drug-likeness (QED) is 0.0804. The van der Waals surface area contributed by atoms with Crippen LogP contribution in [-0.2, 0) is 0 Å². The summed E-state index contributed by atoms with van der Waals surface area (Å²) in [7, 11) is 0. The standard InChI is InChI=1S/C57H54N4/c1-7-13-27-46(12-6)58(49-28-17-14-18-29-49)52-34-36-55(37-35-52)61(56-42-38-53(39-43-56)59(47(23-8-2)24-9-3)50-30-19-15-20-31-50)57-44-40-54(41-45-57)60(48(25-10-4)26-11-5)51-32-21-16-22-33-51/h7-45H,2,4,6H2,1,3,5H3/b13-7-,24-9-,26-11-,46-27+,47-23+,48-25+. The Bertz CT molecular complexity index is 2400. The number of hydrogen-bond donors (Lipinski definition) is 0. The maximum atomic E-state index is 4.17. The van der Waals surface area contributed by atoms with Crippen LogP contribution >= 0.6 is 0 Å². The average Bonchev–Trinajstić information content (AvgIpc) is 3.31. The molecule has 0 spiro atoms. The van der Waals surface area contributed by atoms with E-state index in [1.54, 1.807) is 0 Å². The molecule has 0 bridgehead atoms. The Hall–Kier alpha value is -7.82. The van der Waals surface area contributed by atoms with E-state index in [0.29, 0.717) is 0 Å². The molecule has 0 unspecified atom stereocenters. The van der Waals surface area contributed by atoms with Gasteiger partial charge in [-0.05, 0) is 166 Å². The van der Waals surface area contributed by atoms with Crippen molar-refractivity contribution < 1.29 is 0 Å². The molecule has 0 aliphatic carbocycles. The van der Waals surface area contributed by atoms with Crippen LogP contribution in [0.5, 0.6) is 0 Å². The lowest BCUT2D eigenvalue weighted by atomic mass is 10.1. The number of para-hydroxylation sites is 3. The van der Waals surface area contributed by atoms with Crippen LogP contribution in [0.25, 0.3) is 0 Å². The van der Waals surface area contributed by atoms with Gasteiger partial charge in [0, 0.05) is 68.3 Å². The molecule has 0 amide bonds. The Balaban J connectivity index is 1.49. The van der Waals surface area contributed by atoms with Crippen LogP contribution in [0, 0.1) is 0 Å². The summed E-state index contributed by atoms with van der Waals surface area (Å²) in [4.78, 5) is 9.01. The second-order valence-electron chi connectivity index (χ2n) is 13.9. The molecule has 0 saturated heterocycles. The highest BCUT2D eigenvalue weighted by molar-refractivity contribution is 5.82. The molecule has 0 radical (unpaired) electrons. The number of benzene rings is 6. The molecule has 6 aromatic rings. The largest absolute Gasteiger partial charge is 0.311 e. The Morgan fingerprint density at radius 2 is 0.639 bits per heavy atom. The van der Waals surface area contributed by atoms with Gasteiger partial charge in [-0.15, -0.1) is 0 Å². The van der Waals surface area contributed by atoms with Gasteiger partial charge in [0.15, 0.2) is 0 Å². The van der Waals surface area contributed by atoms with E-state index in [4.69, 9.17) is 0 Å². The summed E-state index contributed by atoms with van der Waals surface area (Å²) >= 11 is 0. The van der Waals surface area contributed by atoms with Crippen molar-refractivity contribution in [3.05, 3.63) is 274 Å². The van der Waals surface area contributed by atoms with Gasteiger partial charge in [0.1, 0.15) is 0 Å². The van der Waals surface area contributed by atoms with E-state index in [2.05, 4.69) is 215 Å². The van der Waals surface area contributed by atoms with Gasteiger partial charge < -0.3 is 19.6 Å². The van der Waals surface area contributed by atoms with Crippen LogP contribution in [0.15, 0.2) is 274 Å². The van der Waals surface area contributed by atoms with Crippen molar-refractivity contribution in [1.29, 1.82) is 0 Å². The molecule has 0 aromatic heterocycles. The normalized spacial score (nSPS) is 12.1. The molecule has 4 heteroatoms. The van der Waals surface area contributed by atoms with E-state index in [1.165, 1.54) is 0 Å². The molecular weight excluding hydrogens is 741 g/mol. The summed E-state index contributed by atoms with van der Waals surface area (Å²) in [6.45, 7) is 18.3. The minimum absolute atomic E-state index is 0.969. The molecule has 0 aliphatic rings. The molecule has 302 valence electrons. The highest BCUT2D eigenvalue weighted by Crippen LogP contribution is 2.41. The van der Waals surface area contributed by atoms with Crippen molar-refractivity contribution in [2.24, 2.45) is 0 Å². The summed E-state index contributed by atoms with van der Waals surface area (Å²) < 4.78 is 0. The zero-order chi connectivity index (χ0) is 42.8. The molecule has 0 saturated carbocycles. The highest BCUT2D eigenvalue weighted by Gasteiger charge is 2.19. The smallest absolute Gasteiger partial charge is 0.0463 e. The fourth-order valence-corrected chi connectivity index (χ4v) is 7.19. The van der Waals surface area contributed by atoms with Gasteiger partial charge in [-0.25, -0.2) is 0 Å². The van der Waals surface area contributed by atoms with E-state index in [1.807, 2.05) is 81.5 Å². The summed E-state index contributed by atoms with van der Waals surface area (Å²) in [5, 5.41) is 0. The summed E-state index contributed by atoms with van der Waals surface area (Å²) in [5.74, 6) is 0. The van der Waals surface area contributed by atoms with E-state index in [-0.39, 0.29) is 0 Å². The summed E-state index contributed by atoms with van der Waals surface area (Å²) in [5.41, 5.74) is 12.3. The molecule has 6 aromatic carbocycles. The summed E-state index contributed by atoms with van der Waals surface area (Å²) in [6.07, 6.45) is 24.1. The lowest BCUT2D eigenvalue weighted by Gasteiger charge is -2.30. The predicted octanol–water partition coefficient (Wildman–Crippen LogP) is 16.5. The van der Waals surface area contributed by atoms with Crippen LogP contribution in [0.3, 0.4) is 0 Å². The van der Waals surface area contributed by atoms with Crippen LogP contribution in [0.1, 0.15) is 20.8 Å². The molecule has 0 aliphatic heterocycles. The van der Waals surface area contributed by atoms with Gasteiger partial charge in [0.25, 0.3) is 0 Å². The Labute approximate surface area is 363 Å². The zero-order valence-corrected chi connectivity index (χ0v) is 35.4. The molecule has 6 rings (SSSR count). The van der Waals surface area contributed by atoms with Crippen molar-refractivity contribution in [2.45, 2.75) is 20.8 Å². The fourth-order valence-electron chi connectivity index (χ4n) is 7.19. The monoisotopic (exact) mass is 794 g/mol. The SMILES string of the molecule is C=C/C=C(\C=C/C)N(c1ccccc1)c1ccc(N(c2ccc(N(/C(C=C)=C/C=C\C)c3ccccc3)cc2)c2ccc(N(C(/C=C\C)=C/C=C)c3ccccc3)cc2)cc1. The maximum absolute atomic E-state index is 4.17. The molecule has 0 N–H and O–H groups in total. The molecule has 0 fully saturated rings. The van der Waals surface area contributed by atoms with Crippen LogP contribution in [-0.4, -0.2) is 0 Å². The van der Waals surface area contributed by atoms with Crippen molar-refractivity contribution in [1.82, 2.24) is 0 Å².